The Labute approximate surface area is 121 Å². The van der Waals surface area contributed by atoms with Crippen LogP contribution in [0.2, 0.25) is 0 Å². The molecule has 3 rings (SSSR count). The van der Waals surface area contributed by atoms with Gasteiger partial charge in [-0.1, -0.05) is 18.2 Å². The minimum atomic E-state index is 0.603. The van der Waals surface area contributed by atoms with Crippen LogP contribution in [0.5, 0.6) is 0 Å². The highest BCUT2D eigenvalue weighted by Crippen LogP contribution is 2.26. The van der Waals surface area contributed by atoms with Crippen LogP contribution in [0.25, 0.3) is 10.2 Å². The molecule has 0 saturated carbocycles. The maximum atomic E-state index is 5.95. The van der Waals surface area contributed by atoms with Gasteiger partial charge >= 0.3 is 0 Å². The molecule has 4 nitrogen and oxygen atoms in total. The first-order valence-corrected chi connectivity index (χ1v) is 8.55. The Bertz CT molecular complexity index is 549. The van der Waals surface area contributed by atoms with Gasteiger partial charge in [0.1, 0.15) is 10.6 Å². The van der Waals surface area contributed by atoms with E-state index in [-0.39, 0.29) is 0 Å². The molecule has 0 unspecified atom stereocenters. The molecule has 1 aliphatic heterocycles. The van der Waals surface area contributed by atoms with Crippen molar-refractivity contribution >= 4 is 39.1 Å². The lowest BCUT2D eigenvalue weighted by molar-refractivity contribution is 0.242. The molecule has 2 aromatic heterocycles. The summed E-state index contributed by atoms with van der Waals surface area (Å²) in [5.74, 6) is 1.64. The van der Waals surface area contributed by atoms with Gasteiger partial charge in [0.2, 0.25) is 0 Å². The summed E-state index contributed by atoms with van der Waals surface area (Å²) in [6.07, 6.45) is 4.07. The van der Waals surface area contributed by atoms with Gasteiger partial charge in [0, 0.05) is 12.3 Å². The Morgan fingerprint density at radius 3 is 2.95 bits per heavy atom. The molecule has 1 saturated heterocycles. The Morgan fingerprint density at radius 1 is 1.26 bits per heavy atom. The van der Waals surface area contributed by atoms with Crippen molar-refractivity contribution in [2.75, 3.05) is 31.1 Å². The number of thiophene rings is 1. The third kappa shape index (κ3) is 3.19. The van der Waals surface area contributed by atoms with Gasteiger partial charge in [-0.3, -0.25) is 0 Å². The van der Waals surface area contributed by atoms with E-state index in [1.807, 2.05) is 11.4 Å². The first kappa shape index (κ1) is 13.1. The molecule has 102 valence electrons. The Hall–Kier alpha value is -0.850. The number of hydrogen-bond acceptors (Lipinski definition) is 6. The minimum absolute atomic E-state index is 0.603. The number of nitrogens with two attached hydrogens (primary N) is 1. The number of likely N-dealkylation sites (tertiary alicyclic amines) is 1. The molecule has 1 fully saturated rings. The van der Waals surface area contributed by atoms with Gasteiger partial charge in [-0.15, -0.1) is 11.3 Å². The van der Waals surface area contributed by atoms with Crippen molar-refractivity contribution in [2.45, 2.75) is 24.4 Å². The number of anilines is 1. The second kappa shape index (κ2) is 6.07. The average Bonchev–Trinajstić information content (AvgIpc) is 2.89. The lowest BCUT2D eigenvalue weighted by Gasteiger charge is -2.25. The zero-order chi connectivity index (χ0) is 13.1. The number of nitrogens with zero attached hydrogens (tertiary/aromatic N) is 3. The monoisotopic (exact) mass is 294 g/mol. The topological polar surface area (TPSA) is 55.0 Å². The van der Waals surface area contributed by atoms with Crippen LogP contribution in [0.3, 0.4) is 0 Å². The molecule has 0 radical (unpaired) electrons. The van der Waals surface area contributed by atoms with Crippen LogP contribution in [-0.2, 0) is 0 Å². The van der Waals surface area contributed by atoms with E-state index < -0.39 is 0 Å². The molecule has 0 bridgehead atoms. The van der Waals surface area contributed by atoms with Crippen LogP contribution in [0.4, 0.5) is 5.82 Å². The number of piperidine rings is 1. The molecule has 0 atom stereocenters. The summed E-state index contributed by atoms with van der Waals surface area (Å²) < 4.78 is 0. The summed E-state index contributed by atoms with van der Waals surface area (Å²) >= 11 is 3.33. The van der Waals surface area contributed by atoms with E-state index in [4.69, 9.17) is 5.73 Å². The smallest absolute Gasteiger partial charge is 0.190 e. The molecule has 6 heteroatoms. The molecule has 19 heavy (non-hydrogen) atoms. The lowest BCUT2D eigenvalue weighted by atomic mass is 10.1. The first-order chi connectivity index (χ1) is 9.33. The Morgan fingerprint density at radius 2 is 2.11 bits per heavy atom. The molecular weight excluding hydrogens is 276 g/mol. The van der Waals surface area contributed by atoms with E-state index in [1.54, 1.807) is 23.1 Å². The van der Waals surface area contributed by atoms with E-state index in [9.17, 15) is 0 Å². The van der Waals surface area contributed by atoms with Crippen molar-refractivity contribution in [1.82, 2.24) is 14.9 Å². The summed E-state index contributed by atoms with van der Waals surface area (Å²) in [7, 11) is 0. The van der Waals surface area contributed by atoms with E-state index in [1.165, 1.54) is 32.4 Å². The lowest BCUT2D eigenvalue weighted by Crippen LogP contribution is -2.31. The zero-order valence-corrected chi connectivity index (χ0v) is 12.5. The molecule has 1 aliphatic rings. The fourth-order valence-electron chi connectivity index (χ4n) is 2.37. The fourth-order valence-corrected chi connectivity index (χ4v) is 4.05. The van der Waals surface area contributed by atoms with Gasteiger partial charge in [0.05, 0.1) is 5.39 Å². The maximum Gasteiger partial charge on any atom is 0.190 e. The molecule has 2 N–H and O–H groups in total. The SMILES string of the molecule is Nc1nc(SCCN2CCCCC2)nc2sccc12. The number of fused-ring (bicyclic) bond motifs is 1. The fraction of sp³-hybridized carbons (Fsp3) is 0.538. The standard InChI is InChI=1S/C13H18N4S2/c14-11-10-4-8-18-12(10)16-13(15-11)19-9-7-17-5-2-1-3-6-17/h4,8H,1-3,5-7,9H2,(H2,14,15,16). The predicted molar refractivity (Wildman–Crippen MR) is 82.8 cm³/mol. The number of rotatable bonds is 4. The number of aromatic nitrogens is 2. The van der Waals surface area contributed by atoms with E-state index in [0.717, 1.165) is 27.7 Å². The van der Waals surface area contributed by atoms with Crippen molar-refractivity contribution in [2.24, 2.45) is 0 Å². The molecule has 3 heterocycles. The van der Waals surface area contributed by atoms with Gasteiger partial charge in [-0.25, -0.2) is 9.97 Å². The van der Waals surface area contributed by atoms with Crippen molar-refractivity contribution in [3.8, 4) is 0 Å². The molecule has 0 aliphatic carbocycles. The van der Waals surface area contributed by atoms with E-state index >= 15 is 0 Å². The van der Waals surface area contributed by atoms with E-state index in [2.05, 4.69) is 14.9 Å². The van der Waals surface area contributed by atoms with Crippen LogP contribution in [0, 0.1) is 0 Å². The predicted octanol–water partition coefficient (Wildman–Crippen LogP) is 2.85. The normalized spacial score (nSPS) is 17.1. The molecule has 2 aromatic rings. The number of thioether (sulfide) groups is 1. The third-order valence-electron chi connectivity index (χ3n) is 3.42. The summed E-state index contributed by atoms with van der Waals surface area (Å²) in [6.45, 7) is 3.61. The summed E-state index contributed by atoms with van der Waals surface area (Å²) in [5, 5.41) is 3.80. The minimum Gasteiger partial charge on any atom is -0.383 e. The summed E-state index contributed by atoms with van der Waals surface area (Å²) in [5.41, 5.74) is 5.95. The quantitative estimate of drug-likeness (QED) is 0.694. The Kier molecular flexibility index (Phi) is 4.20. The van der Waals surface area contributed by atoms with Gasteiger partial charge in [0.15, 0.2) is 5.16 Å². The summed E-state index contributed by atoms with van der Waals surface area (Å²) in [6, 6.07) is 1.98. The zero-order valence-electron chi connectivity index (χ0n) is 10.8. The van der Waals surface area contributed by atoms with Crippen LogP contribution in [0.15, 0.2) is 16.6 Å². The molecule has 0 amide bonds. The second-order valence-corrected chi connectivity index (χ2v) is 6.74. The van der Waals surface area contributed by atoms with Crippen molar-refractivity contribution in [1.29, 1.82) is 0 Å². The Balaban J connectivity index is 1.58. The summed E-state index contributed by atoms with van der Waals surface area (Å²) in [4.78, 5) is 12.4. The van der Waals surface area contributed by atoms with Crippen LogP contribution < -0.4 is 5.73 Å². The maximum absolute atomic E-state index is 5.95. The van der Waals surface area contributed by atoms with Gasteiger partial charge in [0.25, 0.3) is 0 Å². The number of nitrogen functional groups attached to an aromatic ring is 1. The van der Waals surface area contributed by atoms with Gasteiger partial charge in [-0.2, -0.15) is 0 Å². The van der Waals surface area contributed by atoms with Crippen LogP contribution in [-0.4, -0.2) is 40.3 Å². The largest absolute Gasteiger partial charge is 0.383 e. The van der Waals surface area contributed by atoms with Crippen LogP contribution >= 0.6 is 23.1 Å². The molecule has 0 aromatic carbocycles. The van der Waals surface area contributed by atoms with Gasteiger partial charge < -0.3 is 10.6 Å². The average molecular weight is 294 g/mol. The highest BCUT2D eigenvalue weighted by Gasteiger charge is 2.11. The van der Waals surface area contributed by atoms with E-state index in [0.29, 0.717) is 5.82 Å². The van der Waals surface area contributed by atoms with Crippen LogP contribution in [0.1, 0.15) is 19.3 Å². The van der Waals surface area contributed by atoms with Gasteiger partial charge in [-0.05, 0) is 37.4 Å². The molecular formula is C13H18N4S2. The number of hydrogen-bond donors (Lipinski definition) is 1. The highest BCUT2D eigenvalue weighted by atomic mass is 32.2. The van der Waals surface area contributed by atoms with Crippen molar-refractivity contribution in [3.63, 3.8) is 0 Å². The first-order valence-electron chi connectivity index (χ1n) is 6.69. The highest BCUT2D eigenvalue weighted by molar-refractivity contribution is 7.99. The third-order valence-corrected chi connectivity index (χ3v) is 5.06. The van der Waals surface area contributed by atoms with Crippen molar-refractivity contribution < 1.29 is 0 Å². The second-order valence-electron chi connectivity index (χ2n) is 4.78. The van der Waals surface area contributed by atoms with Crippen molar-refractivity contribution in [3.05, 3.63) is 11.4 Å². The molecule has 0 spiro atoms.